The first-order valence-electron chi connectivity index (χ1n) is 6.30. The highest BCUT2D eigenvalue weighted by Crippen LogP contribution is 2.46. The number of hydrogen-bond donors (Lipinski definition) is 1. The molecule has 3 rings (SSSR count). The van der Waals surface area contributed by atoms with Crippen molar-refractivity contribution < 1.29 is 4.74 Å². The van der Waals surface area contributed by atoms with Crippen LogP contribution in [0.3, 0.4) is 0 Å². The second-order valence-corrected chi connectivity index (χ2v) is 5.04. The summed E-state index contributed by atoms with van der Waals surface area (Å²) >= 11 is 0. The van der Waals surface area contributed by atoms with Crippen LogP contribution < -0.4 is 4.74 Å². The average Bonchev–Trinajstić information content (AvgIpc) is 3.08. The molecule has 0 spiro atoms. The van der Waals surface area contributed by atoms with E-state index in [2.05, 4.69) is 22.1 Å². The molecule has 0 bridgehead atoms. The van der Waals surface area contributed by atoms with E-state index in [4.69, 9.17) is 4.74 Å². The third-order valence-electron chi connectivity index (χ3n) is 3.64. The van der Waals surface area contributed by atoms with Crippen LogP contribution in [-0.4, -0.2) is 17.1 Å². The van der Waals surface area contributed by atoms with Crippen molar-refractivity contribution in [2.24, 2.45) is 0 Å². The molecule has 1 saturated carbocycles. The molecule has 0 aliphatic heterocycles. The predicted octanol–water partition coefficient (Wildman–Crippen LogP) is 2.95. The zero-order valence-electron chi connectivity index (χ0n) is 11.0. The van der Waals surface area contributed by atoms with Gasteiger partial charge in [0.25, 0.3) is 0 Å². The number of nitrogens with one attached hydrogen (secondary N) is 1. The number of aromatic nitrogens is 2. The molecule has 0 radical (unpaired) electrons. The van der Waals surface area contributed by atoms with Gasteiger partial charge in [0.15, 0.2) is 0 Å². The van der Waals surface area contributed by atoms with Crippen molar-refractivity contribution in [3.8, 4) is 23.1 Å². The lowest BCUT2D eigenvalue weighted by Gasteiger charge is -2.07. The first kappa shape index (κ1) is 11.8. The minimum Gasteiger partial charge on any atom is -0.496 e. The maximum atomic E-state index is 9.20. The highest BCUT2D eigenvalue weighted by atomic mass is 16.5. The molecule has 1 aliphatic rings. The van der Waals surface area contributed by atoms with Crippen LogP contribution in [0.5, 0.6) is 5.75 Å². The van der Waals surface area contributed by atoms with E-state index in [9.17, 15) is 5.26 Å². The smallest absolute Gasteiger partial charge is 0.128 e. The van der Waals surface area contributed by atoms with E-state index in [1.54, 1.807) is 13.3 Å². The first-order valence-corrected chi connectivity index (χ1v) is 6.30. The molecular weight excluding hydrogens is 238 g/mol. The van der Waals surface area contributed by atoms with Gasteiger partial charge in [0.2, 0.25) is 0 Å². The van der Waals surface area contributed by atoms with Gasteiger partial charge in [-0.05, 0) is 31.9 Å². The summed E-state index contributed by atoms with van der Waals surface area (Å²) in [6.07, 6.45) is 3.56. The summed E-state index contributed by atoms with van der Waals surface area (Å²) in [6, 6.07) is 8.36. The number of rotatable bonds is 3. The van der Waals surface area contributed by atoms with E-state index in [0.29, 0.717) is 0 Å². The van der Waals surface area contributed by atoms with Crippen LogP contribution in [0.1, 0.15) is 24.2 Å². The number of methoxy groups -OCH3 is 1. The number of imidazole rings is 1. The van der Waals surface area contributed by atoms with Gasteiger partial charge in [0.1, 0.15) is 17.0 Å². The van der Waals surface area contributed by atoms with Crippen LogP contribution in [-0.2, 0) is 5.41 Å². The molecule has 0 unspecified atom stereocenters. The number of ether oxygens (including phenoxy) is 1. The molecule has 1 aliphatic carbocycles. The number of nitrogens with zero attached hydrogens (tertiary/aromatic N) is 2. The van der Waals surface area contributed by atoms with Gasteiger partial charge in [-0.1, -0.05) is 11.6 Å². The largest absolute Gasteiger partial charge is 0.496 e. The third-order valence-corrected chi connectivity index (χ3v) is 3.64. The lowest BCUT2D eigenvalue weighted by Crippen LogP contribution is -2.04. The Morgan fingerprint density at radius 1 is 1.42 bits per heavy atom. The van der Waals surface area contributed by atoms with E-state index in [1.165, 1.54) is 0 Å². The number of nitriles is 1. The fourth-order valence-corrected chi connectivity index (χ4v) is 2.26. The van der Waals surface area contributed by atoms with Crippen LogP contribution >= 0.6 is 0 Å². The van der Waals surface area contributed by atoms with Gasteiger partial charge in [0.05, 0.1) is 25.1 Å². The van der Waals surface area contributed by atoms with Gasteiger partial charge >= 0.3 is 0 Å². The van der Waals surface area contributed by atoms with Crippen molar-refractivity contribution in [1.29, 1.82) is 5.26 Å². The van der Waals surface area contributed by atoms with Crippen molar-refractivity contribution in [3.63, 3.8) is 0 Å². The van der Waals surface area contributed by atoms with Crippen LogP contribution in [0.15, 0.2) is 24.4 Å². The van der Waals surface area contributed by atoms with E-state index in [0.717, 1.165) is 41.2 Å². The van der Waals surface area contributed by atoms with E-state index in [-0.39, 0.29) is 5.41 Å². The van der Waals surface area contributed by atoms with Crippen LogP contribution in [0, 0.1) is 18.3 Å². The Balaban J connectivity index is 2.04. The van der Waals surface area contributed by atoms with Gasteiger partial charge < -0.3 is 9.72 Å². The molecule has 1 fully saturated rings. The Kier molecular flexibility index (Phi) is 2.56. The molecule has 1 aromatic carbocycles. The molecule has 0 saturated heterocycles. The highest BCUT2D eigenvalue weighted by Gasteiger charge is 2.47. The summed E-state index contributed by atoms with van der Waals surface area (Å²) in [7, 11) is 1.66. The highest BCUT2D eigenvalue weighted by molar-refractivity contribution is 5.68. The number of H-pyrrole nitrogens is 1. The van der Waals surface area contributed by atoms with Gasteiger partial charge in [-0.2, -0.15) is 5.26 Å². The number of aryl methyl sites for hydroxylation is 1. The van der Waals surface area contributed by atoms with Gasteiger partial charge in [-0.25, -0.2) is 4.98 Å². The Bertz CT molecular complexity index is 662. The minimum atomic E-state index is -0.380. The van der Waals surface area contributed by atoms with Crippen LogP contribution in [0.25, 0.3) is 11.3 Å². The van der Waals surface area contributed by atoms with Crippen LogP contribution in [0.2, 0.25) is 0 Å². The van der Waals surface area contributed by atoms with Crippen LogP contribution in [0.4, 0.5) is 0 Å². The van der Waals surface area contributed by atoms with Crippen molar-refractivity contribution in [2.45, 2.75) is 25.2 Å². The monoisotopic (exact) mass is 253 g/mol. The molecule has 96 valence electrons. The summed E-state index contributed by atoms with van der Waals surface area (Å²) in [5.41, 5.74) is 2.66. The number of hydrogen-bond acceptors (Lipinski definition) is 3. The van der Waals surface area contributed by atoms with Gasteiger partial charge in [-0.15, -0.1) is 0 Å². The second-order valence-electron chi connectivity index (χ2n) is 5.04. The standard InChI is InChI=1S/C15H15N3O/c1-10-3-4-13(19-2)11(7-10)12-8-17-14(18-12)15(9-16)5-6-15/h3-4,7-8H,5-6H2,1-2H3,(H,17,18). The van der Waals surface area contributed by atoms with Crippen molar-refractivity contribution in [1.82, 2.24) is 9.97 Å². The average molecular weight is 253 g/mol. The molecule has 4 heteroatoms. The summed E-state index contributed by atoms with van der Waals surface area (Å²) in [5.74, 6) is 1.58. The summed E-state index contributed by atoms with van der Waals surface area (Å²) < 4.78 is 5.38. The van der Waals surface area contributed by atoms with E-state index >= 15 is 0 Å². The molecule has 0 amide bonds. The van der Waals surface area contributed by atoms with Crippen molar-refractivity contribution >= 4 is 0 Å². The normalized spacial score (nSPS) is 15.8. The zero-order valence-corrected chi connectivity index (χ0v) is 11.0. The molecule has 2 aromatic rings. The molecule has 4 nitrogen and oxygen atoms in total. The van der Waals surface area contributed by atoms with Crippen molar-refractivity contribution in [3.05, 3.63) is 35.8 Å². The zero-order chi connectivity index (χ0) is 13.5. The Hall–Kier alpha value is -2.28. The molecule has 19 heavy (non-hydrogen) atoms. The lowest BCUT2D eigenvalue weighted by molar-refractivity contribution is 0.416. The Morgan fingerprint density at radius 3 is 2.84 bits per heavy atom. The van der Waals surface area contributed by atoms with Crippen molar-refractivity contribution in [2.75, 3.05) is 7.11 Å². The molecule has 1 N–H and O–H groups in total. The second kappa shape index (κ2) is 4.13. The fourth-order valence-electron chi connectivity index (χ4n) is 2.26. The Morgan fingerprint density at radius 2 is 2.21 bits per heavy atom. The number of aromatic amines is 1. The summed E-state index contributed by atoms with van der Waals surface area (Å²) in [5, 5.41) is 9.20. The molecule has 1 aromatic heterocycles. The van der Waals surface area contributed by atoms with Gasteiger partial charge in [0, 0.05) is 5.56 Å². The predicted molar refractivity (Wildman–Crippen MR) is 71.8 cm³/mol. The van der Waals surface area contributed by atoms with E-state index in [1.807, 2.05) is 19.1 Å². The SMILES string of the molecule is COc1ccc(C)cc1-c1cnc(C2(C#N)CC2)[nH]1. The Labute approximate surface area is 112 Å². The fraction of sp³-hybridized carbons (Fsp3) is 0.333. The molecule has 0 atom stereocenters. The minimum absolute atomic E-state index is 0.380. The lowest BCUT2D eigenvalue weighted by atomic mass is 10.1. The number of benzene rings is 1. The maximum absolute atomic E-state index is 9.20. The molecule has 1 heterocycles. The van der Waals surface area contributed by atoms with E-state index < -0.39 is 0 Å². The first-order chi connectivity index (χ1) is 9.18. The quantitative estimate of drug-likeness (QED) is 0.914. The summed E-state index contributed by atoms with van der Waals surface area (Å²) in [4.78, 5) is 7.64. The molecular formula is C15H15N3O. The third kappa shape index (κ3) is 1.88. The topological polar surface area (TPSA) is 61.7 Å². The maximum Gasteiger partial charge on any atom is 0.128 e. The summed E-state index contributed by atoms with van der Waals surface area (Å²) in [6.45, 7) is 2.04. The van der Waals surface area contributed by atoms with Gasteiger partial charge in [-0.3, -0.25) is 0 Å².